The van der Waals surface area contributed by atoms with Gasteiger partial charge in [0.25, 0.3) is 0 Å². The summed E-state index contributed by atoms with van der Waals surface area (Å²) in [5, 5.41) is 1.25. The highest BCUT2D eigenvalue weighted by molar-refractivity contribution is 6.04. The van der Waals surface area contributed by atoms with E-state index in [9.17, 15) is 0 Å². The number of aromatic nitrogens is 1. The number of hydrogen-bond donors (Lipinski definition) is 0. The van der Waals surface area contributed by atoms with Crippen LogP contribution in [-0.2, 0) is 5.41 Å². The molecule has 206 valence electrons. The minimum Gasteiger partial charge on any atom is -0.311 e. The number of hydrogen-bond acceptors (Lipinski definition) is 1. The van der Waals surface area contributed by atoms with Crippen molar-refractivity contribution in [1.29, 1.82) is 0 Å². The Morgan fingerprint density at radius 3 is 1.56 bits per heavy atom. The Labute approximate surface area is 253 Å². The molecule has 2 heterocycles. The van der Waals surface area contributed by atoms with Crippen LogP contribution < -0.4 is 4.90 Å². The van der Waals surface area contributed by atoms with Gasteiger partial charge in [-0.25, -0.2) is 0 Å². The van der Waals surface area contributed by atoms with Crippen LogP contribution in [0.2, 0.25) is 0 Å². The third-order valence-corrected chi connectivity index (χ3v) is 8.95. The van der Waals surface area contributed by atoms with Gasteiger partial charge >= 0.3 is 0 Å². The predicted molar refractivity (Wildman–Crippen MR) is 181 cm³/mol. The summed E-state index contributed by atoms with van der Waals surface area (Å²) in [6.45, 7) is 4.74. The van der Waals surface area contributed by atoms with Gasteiger partial charge in [-0.15, -0.1) is 0 Å². The summed E-state index contributed by atoms with van der Waals surface area (Å²) in [6.07, 6.45) is 0. The van der Waals surface area contributed by atoms with Gasteiger partial charge in [0.2, 0.25) is 0 Å². The van der Waals surface area contributed by atoms with Crippen LogP contribution in [0.15, 0.2) is 158 Å². The van der Waals surface area contributed by atoms with Gasteiger partial charge in [-0.1, -0.05) is 135 Å². The number of benzene rings is 6. The number of anilines is 3. The molecule has 0 atom stereocenters. The SMILES string of the molecule is CC1(C)c2ccccc2N(c2ccc(-c3ccccc3)cc2)c2c1n(-c1ccc(-c3ccccc3)cc1)c1ccccc21. The molecule has 0 amide bonds. The zero-order valence-electron chi connectivity index (χ0n) is 24.4. The van der Waals surface area contributed by atoms with Crippen molar-refractivity contribution < 1.29 is 0 Å². The number of rotatable bonds is 4. The van der Waals surface area contributed by atoms with Crippen LogP contribution in [0.5, 0.6) is 0 Å². The first kappa shape index (κ1) is 25.4. The van der Waals surface area contributed by atoms with Crippen molar-refractivity contribution in [2.24, 2.45) is 0 Å². The lowest BCUT2D eigenvalue weighted by atomic mass is 9.76. The van der Waals surface area contributed by atoms with E-state index in [1.807, 2.05) is 0 Å². The van der Waals surface area contributed by atoms with E-state index < -0.39 is 0 Å². The first-order valence-corrected chi connectivity index (χ1v) is 15.0. The summed E-state index contributed by atoms with van der Waals surface area (Å²) in [6, 6.07) is 57.0. The molecule has 0 bridgehead atoms. The van der Waals surface area contributed by atoms with Crippen LogP contribution in [-0.4, -0.2) is 4.57 Å². The molecule has 8 rings (SSSR count). The molecule has 0 fully saturated rings. The number of fused-ring (bicyclic) bond motifs is 4. The Morgan fingerprint density at radius 2 is 0.930 bits per heavy atom. The highest BCUT2D eigenvalue weighted by Crippen LogP contribution is 2.56. The fourth-order valence-corrected chi connectivity index (χ4v) is 6.87. The Hall–Kier alpha value is -5.34. The lowest BCUT2D eigenvalue weighted by molar-refractivity contribution is 0.598. The molecule has 0 saturated carbocycles. The molecule has 43 heavy (non-hydrogen) atoms. The molecule has 0 N–H and O–H groups in total. The van der Waals surface area contributed by atoms with E-state index in [4.69, 9.17) is 0 Å². The minimum atomic E-state index is -0.233. The molecular formula is C41H32N2. The molecule has 0 unspecified atom stereocenters. The van der Waals surface area contributed by atoms with Crippen LogP contribution in [0.3, 0.4) is 0 Å². The van der Waals surface area contributed by atoms with Gasteiger partial charge in [0.05, 0.1) is 22.6 Å². The summed E-state index contributed by atoms with van der Waals surface area (Å²) in [4.78, 5) is 2.47. The second kappa shape index (κ2) is 9.89. The first-order valence-electron chi connectivity index (χ1n) is 15.0. The summed E-state index contributed by atoms with van der Waals surface area (Å²) in [5.41, 5.74) is 13.3. The molecule has 2 heteroatoms. The summed E-state index contributed by atoms with van der Waals surface area (Å²) >= 11 is 0. The monoisotopic (exact) mass is 552 g/mol. The molecule has 2 nitrogen and oxygen atoms in total. The maximum Gasteiger partial charge on any atom is 0.0763 e. The summed E-state index contributed by atoms with van der Waals surface area (Å²) in [7, 11) is 0. The van der Waals surface area contributed by atoms with E-state index in [-0.39, 0.29) is 5.41 Å². The van der Waals surface area contributed by atoms with E-state index in [1.165, 1.54) is 61.5 Å². The molecule has 1 aliphatic heterocycles. The van der Waals surface area contributed by atoms with Gasteiger partial charge in [0.1, 0.15) is 0 Å². The Morgan fingerprint density at radius 1 is 0.442 bits per heavy atom. The summed E-state index contributed by atoms with van der Waals surface area (Å²) < 4.78 is 2.49. The van der Waals surface area contributed by atoms with Crippen molar-refractivity contribution in [1.82, 2.24) is 4.57 Å². The molecule has 0 radical (unpaired) electrons. The first-order chi connectivity index (χ1) is 21.1. The quantitative estimate of drug-likeness (QED) is 0.211. The predicted octanol–water partition coefficient (Wildman–Crippen LogP) is 11.1. The smallest absolute Gasteiger partial charge is 0.0763 e. The van der Waals surface area contributed by atoms with Gasteiger partial charge in [-0.3, -0.25) is 0 Å². The maximum absolute atomic E-state index is 2.49. The molecule has 6 aromatic carbocycles. The van der Waals surface area contributed by atoms with Gasteiger partial charge in [0, 0.05) is 22.2 Å². The van der Waals surface area contributed by atoms with Crippen molar-refractivity contribution in [3.05, 3.63) is 169 Å². The Bertz CT molecular complexity index is 2070. The van der Waals surface area contributed by atoms with E-state index in [2.05, 4.69) is 181 Å². The van der Waals surface area contributed by atoms with Crippen LogP contribution in [0.4, 0.5) is 17.1 Å². The highest BCUT2D eigenvalue weighted by atomic mass is 15.2. The standard InChI is InChI=1S/C41H32N2/c1-41(2)36-18-10-12-20-38(36)42(33-25-21-31(22-26-33)29-13-5-3-6-14-29)39-35-17-9-11-19-37(35)43(40(39)41)34-27-23-32(24-28-34)30-15-7-4-8-16-30/h3-28H,1-2H3. The van der Waals surface area contributed by atoms with Crippen molar-refractivity contribution in [3.63, 3.8) is 0 Å². The molecule has 0 spiro atoms. The maximum atomic E-state index is 2.49. The van der Waals surface area contributed by atoms with Gasteiger partial charge < -0.3 is 9.47 Å². The fraction of sp³-hybridized carbons (Fsp3) is 0.0732. The van der Waals surface area contributed by atoms with E-state index in [0.29, 0.717) is 0 Å². The molecule has 1 aromatic heterocycles. The second-order valence-electron chi connectivity index (χ2n) is 11.9. The van der Waals surface area contributed by atoms with Crippen LogP contribution in [0, 0.1) is 0 Å². The topological polar surface area (TPSA) is 8.17 Å². The van der Waals surface area contributed by atoms with Crippen LogP contribution in [0.1, 0.15) is 25.1 Å². The zero-order chi connectivity index (χ0) is 29.0. The number of para-hydroxylation sites is 2. The lowest BCUT2D eigenvalue weighted by Gasteiger charge is -2.41. The van der Waals surface area contributed by atoms with E-state index in [1.54, 1.807) is 0 Å². The summed E-state index contributed by atoms with van der Waals surface area (Å²) in [5.74, 6) is 0. The zero-order valence-corrected chi connectivity index (χ0v) is 24.4. The lowest BCUT2D eigenvalue weighted by Crippen LogP contribution is -2.32. The van der Waals surface area contributed by atoms with Crippen LogP contribution >= 0.6 is 0 Å². The third kappa shape index (κ3) is 4.02. The third-order valence-electron chi connectivity index (χ3n) is 8.95. The molecular weight excluding hydrogens is 520 g/mol. The largest absolute Gasteiger partial charge is 0.311 e. The molecule has 0 aliphatic carbocycles. The minimum absolute atomic E-state index is 0.233. The van der Waals surface area contributed by atoms with E-state index in [0.717, 1.165) is 5.69 Å². The second-order valence-corrected chi connectivity index (χ2v) is 11.9. The molecule has 1 aliphatic rings. The van der Waals surface area contributed by atoms with Crippen LogP contribution in [0.25, 0.3) is 38.8 Å². The van der Waals surface area contributed by atoms with Gasteiger partial charge in [0.15, 0.2) is 0 Å². The number of nitrogens with zero attached hydrogens (tertiary/aromatic N) is 2. The Kier molecular flexibility index (Phi) is 5.84. The highest BCUT2D eigenvalue weighted by Gasteiger charge is 2.41. The van der Waals surface area contributed by atoms with Gasteiger partial charge in [-0.05, 0) is 64.2 Å². The van der Waals surface area contributed by atoms with Gasteiger partial charge in [-0.2, -0.15) is 0 Å². The molecule has 0 saturated heterocycles. The average Bonchev–Trinajstić information content (AvgIpc) is 3.42. The van der Waals surface area contributed by atoms with Crippen molar-refractivity contribution >= 4 is 28.0 Å². The normalized spacial score (nSPS) is 13.5. The van der Waals surface area contributed by atoms with E-state index >= 15 is 0 Å². The van der Waals surface area contributed by atoms with Crippen molar-refractivity contribution in [3.8, 4) is 27.9 Å². The van der Waals surface area contributed by atoms with Crippen molar-refractivity contribution in [2.75, 3.05) is 4.90 Å². The fourth-order valence-electron chi connectivity index (χ4n) is 6.87. The molecule has 7 aromatic rings. The van der Waals surface area contributed by atoms with Crippen molar-refractivity contribution in [2.45, 2.75) is 19.3 Å². The average molecular weight is 553 g/mol. The Balaban J connectivity index is 1.36.